The molecule has 2 aromatic rings. The molecular formula is C18H17ClF2N2O3S. The molecule has 1 aliphatic rings. The fourth-order valence-electron chi connectivity index (χ4n) is 2.95. The number of hydrogen-bond acceptors (Lipinski definition) is 4. The molecule has 1 aromatic carbocycles. The zero-order chi connectivity index (χ0) is 19.4. The maximum absolute atomic E-state index is 12.8. The van der Waals surface area contributed by atoms with Gasteiger partial charge in [0.25, 0.3) is 11.7 Å². The minimum absolute atomic E-state index is 0.146. The van der Waals surface area contributed by atoms with Crippen LogP contribution in [-0.4, -0.2) is 35.6 Å². The van der Waals surface area contributed by atoms with E-state index in [0.29, 0.717) is 37.7 Å². The number of piperidine rings is 1. The Balaban J connectivity index is 1.60. The Kier molecular flexibility index (Phi) is 6.38. The highest BCUT2D eigenvalue weighted by Crippen LogP contribution is 2.38. The van der Waals surface area contributed by atoms with Crippen molar-refractivity contribution < 1.29 is 22.8 Å². The number of halogens is 3. The first-order valence-electron chi connectivity index (χ1n) is 8.32. The smallest absolute Gasteiger partial charge is 0.289 e. The molecule has 0 spiro atoms. The first kappa shape index (κ1) is 19.7. The van der Waals surface area contributed by atoms with E-state index in [0.717, 1.165) is 0 Å². The zero-order valence-corrected chi connectivity index (χ0v) is 15.7. The molecular weight excluding hydrogens is 398 g/mol. The van der Waals surface area contributed by atoms with Gasteiger partial charge in [-0.25, -0.2) is 0 Å². The number of anilines is 1. The number of hydrogen-bond donors (Lipinski definition) is 1. The molecule has 2 heterocycles. The van der Waals surface area contributed by atoms with E-state index in [2.05, 4.69) is 5.32 Å². The minimum Gasteiger partial charge on any atom is -0.459 e. The Hall–Kier alpha value is -2.06. The number of alkyl halides is 2. The summed E-state index contributed by atoms with van der Waals surface area (Å²) in [7, 11) is 0. The van der Waals surface area contributed by atoms with Crippen LogP contribution in [0.5, 0.6) is 0 Å². The standard InChI is InChI=1S/C18H17ClF2N2O3S/c19-12-3-1-4-13(15(12)27-18(20)21)22-16(24)11-6-8-23(9-7-11)17(25)14-5-2-10-26-14/h1-5,10-11,18H,6-9H2,(H,22,24). The van der Waals surface area contributed by atoms with Crippen molar-refractivity contribution in [2.75, 3.05) is 18.4 Å². The molecule has 0 radical (unpaired) electrons. The molecule has 3 rings (SSSR count). The molecule has 144 valence electrons. The van der Waals surface area contributed by atoms with Crippen LogP contribution in [-0.2, 0) is 4.79 Å². The molecule has 1 N–H and O–H groups in total. The summed E-state index contributed by atoms with van der Waals surface area (Å²) in [5, 5.41) is 2.86. The van der Waals surface area contributed by atoms with Crippen LogP contribution in [0.15, 0.2) is 45.9 Å². The van der Waals surface area contributed by atoms with Crippen LogP contribution in [0.4, 0.5) is 14.5 Å². The Morgan fingerprint density at radius 1 is 1.22 bits per heavy atom. The molecule has 9 heteroatoms. The van der Waals surface area contributed by atoms with Crippen molar-refractivity contribution in [3.8, 4) is 0 Å². The number of rotatable bonds is 5. The number of likely N-dealkylation sites (tertiary alicyclic amines) is 1. The van der Waals surface area contributed by atoms with Gasteiger partial charge in [0.1, 0.15) is 0 Å². The molecule has 0 atom stereocenters. The molecule has 0 bridgehead atoms. The quantitative estimate of drug-likeness (QED) is 0.718. The van der Waals surface area contributed by atoms with Crippen LogP contribution < -0.4 is 5.32 Å². The third-order valence-corrected chi connectivity index (χ3v) is 5.60. The first-order valence-corrected chi connectivity index (χ1v) is 9.58. The topological polar surface area (TPSA) is 62.6 Å². The van der Waals surface area contributed by atoms with Gasteiger partial charge in [0.05, 0.1) is 21.9 Å². The van der Waals surface area contributed by atoms with Gasteiger partial charge in [-0.2, -0.15) is 8.78 Å². The second-order valence-corrected chi connectivity index (χ2v) is 7.44. The average Bonchev–Trinajstić information content (AvgIpc) is 3.18. The lowest BCUT2D eigenvalue weighted by Crippen LogP contribution is -2.41. The monoisotopic (exact) mass is 414 g/mol. The van der Waals surface area contributed by atoms with Gasteiger partial charge in [0, 0.05) is 19.0 Å². The lowest BCUT2D eigenvalue weighted by atomic mass is 9.95. The predicted molar refractivity (Wildman–Crippen MR) is 99.3 cm³/mol. The van der Waals surface area contributed by atoms with Gasteiger partial charge in [0.15, 0.2) is 5.76 Å². The van der Waals surface area contributed by atoms with Gasteiger partial charge < -0.3 is 14.6 Å². The number of carbonyl (C=O) groups excluding carboxylic acids is 2. The highest BCUT2D eigenvalue weighted by molar-refractivity contribution is 7.99. The summed E-state index contributed by atoms with van der Waals surface area (Å²) < 4.78 is 30.6. The molecule has 1 aromatic heterocycles. The summed E-state index contributed by atoms with van der Waals surface area (Å²) in [6.07, 6.45) is 2.40. The van der Waals surface area contributed by atoms with Crippen molar-refractivity contribution >= 4 is 40.9 Å². The van der Waals surface area contributed by atoms with Crippen molar-refractivity contribution in [3.05, 3.63) is 47.4 Å². The number of benzene rings is 1. The van der Waals surface area contributed by atoms with Crippen molar-refractivity contribution in [2.24, 2.45) is 5.92 Å². The summed E-state index contributed by atoms with van der Waals surface area (Å²) in [5.41, 5.74) is 0.270. The summed E-state index contributed by atoms with van der Waals surface area (Å²) in [5.74, 6) is -3.15. The third-order valence-electron chi connectivity index (χ3n) is 4.32. The van der Waals surface area contributed by atoms with Crippen molar-refractivity contribution in [3.63, 3.8) is 0 Å². The van der Waals surface area contributed by atoms with E-state index in [1.54, 1.807) is 29.2 Å². The van der Waals surface area contributed by atoms with Crippen LogP contribution >= 0.6 is 23.4 Å². The largest absolute Gasteiger partial charge is 0.459 e. The van der Waals surface area contributed by atoms with E-state index in [1.165, 1.54) is 12.3 Å². The second kappa shape index (κ2) is 8.75. The normalized spacial score (nSPS) is 15.2. The van der Waals surface area contributed by atoms with E-state index in [9.17, 15) is 18.4 Å². The summed E-state index contributed by atoms with van der Waals surface area (Å²) in [4.78, 5) is 26.6. The summed E-state index contributed by atoms with van der Waals surface area (Å²) in [6.45, 7) is 0.845. The van der Waals surface area contributed by atoms with Gasteiger partial charge in [-0.15, -0.1) is 0 Å². The zero-order valence-electron chi connectivity index (χ0n) is 14.2. The fraction of sp³-hybridized carbons (Fsp3) is 0.333. The van der Waals surface area contributed by atoms with Gasteiger partial charge in [-0.3, -0.25) is 9.59 Å². The summed E-state index contributed by atoms with van der Waals surface area (Å²) in [6, 6.07) is 7.89. The first-order chi connectivity index (χ1) is 13.0. The van der Waals surface area contributed by atoms with E-state index in [1.807, 2.05) is 0 Å². The highest BCUT2D eigenvalue weighted by Gasteiger charge is 2.29. The summed E-state index contributed by atoms with van der Waals surface area (Å²) >= 11 is 6.29. The van der Waals surface area contributed by atoms with Crippen molar-refractivity contribution in [2.45, 2.75) is 23.5 Å². The molecule has 1 fully saturated rings. The van der Waals surface area contributed by atoms with Gasteiger partial charge >= 0.3 is 0 Å². The molecule has 1 aliphatic heterocycles. The van der Waals surface area contributed by atoms with E-state index in [4.69, 9.17) is 16.0 Å². The van der Waals surface area contributed by atoms with Crippen LogP contribution in [0.3, 0.4) is 0 Å². The Morgan fingerprint density at radius 2 is 1.96 bits per heavy atom. The highest BCUT2D eigenvalue weighted by atomic mass is 35.5. The van der Waals surface area contributed by atoms with Crippen molar-refractivity contribution in [1.29, 1.82) is 0 Å². The van der Waals surface area contributed by atoms with Crippen LogP contribution in [0.1, 0.15) is 23.4 Å². The Bertz CT molecular complexity index is 809. The minimum atomic E-state index is -2.64. The van der Waals surface area contributed by atoms with E-state index >= 15 is 0 Å². The number of thioether (sulfide) groups is 1. The van der Waals surface area contributed by atoms with Gasteiger partial charge in [-0.05, 0) is 37.1 Å². The average molecular weight is 415 g/mol. The molecule has 27 heavy (non-hydrogen) atoms. The lowest BCUT2D eigenvalue weighted by Gasteiger charge is -2.30. The maximum Gasteiger partial charge on any atom is 0.289 e. The molecule has 2 amide bonds. The third kappa shape index (κ3) is 4.81. The molecule has 5 nitrogen and oxygen atoms in total. The number of nitrogens with zero attached hydrogens (tertiary/aromatic N) is 1. The van der Waals surface area contributed by atoms with Crippen LogP contribution in [0.2, 0.25) is 5.02 Å². The molecule has 0 saturated carbocycles. The number of carbonyl (C=O) groups is 2. The molecule has 1 saturated heterocycles. The molecule has 0 unspecified atom stereocenters. The second-order valence-electron chi connectivity index (χ2n) is 6.03. The predicted octanol–water partition coefficient (Wildman–Crippen LogP) is 4.74. The van der Waals surface area contributed by atoms with Crippen LogP contribution in [0, 0.1) is 5.92 Å². The molecule has 0 aliphatic carbocycles. The van der Waals surface area contributed by atoms with E-state index in [-0.39, 0.29) is 39.1 Å². The number of furan rings is 1. The Morgan fingerprint density at radius 3 is 2.59 bits per heavy atom. The van der Waals surface area contributed by atoms with Crippen molar-refractivity contribution in [1.82, 2.24) is 4.90 Å². The SMILES string of the molecule is O=C(Nc1cccc(Cl)c1SC(F)F)C1CCN(C(=O)c2ccco2)CC1. The Labute approximate surface area is 164 Å². The van der Waals surface area contributed by atoms with E-state index < -0.39 is 5.76 Å². The maximum atomic E-state index is 12.8. The van der Waals surface area contributed by atoms with Crippen LogP contribution in [0.25, 0.3) is 0 Å². The fourth-order valence-corrected chi connectivity index (χ4v) is 3.86. The van der Waals surface area contributed by atoms with Gasteiger partial charge in [-0.1, -0.05) is 29.4 Å². The number of amides is 2. The van der Waals surface area contributed by atoms with Gasteiger partial charge in [0.2, 0.25) is 5.91 Å². The lowest BCUT2D eigenvalue weighted by molar-refractivity contribution is -0.121. The number of nitrogens with one attached hydrogen (secondary N) is 1.